The summed E-state index contributed by atoms with van der Waals surface area (Å²) in [5, 5.41) is 24.2. The molecule has 7 nitrogen and oxygen atoms in total. The highest BCUT2D eigenvalue weighted by molar-refractivity contribution is 5.84. The number of nitriles is 1. The van der Waals surface area contributed by atoms with Crippen molar-refractivity contribution in [2.24, 2.45) is 0 Å². The number of nitrogens with zero attached hydrogens (tertiary/aromatic N) is 3. The molecule has 1 amide bonds. The van der Waals surface area contributed by atoms with Crippen molar-refractivity contribution in [2.75, 3.05) is 11.9 Å². The number of ether oxygens (including phenoxy) is 1. The van der Waals surface area contributed by atoms with Gasteiger partial charge in [0.2, 0.25) is 0 Å². The number of aliphatic hydroxyl groups excluding tert-OH is 1. The zero-order chi connectivity index (χ0) is 15.1. The molecule has 21 heavy (non-hydrogen) atoms. The van der Waals surface area contributed by atoms with E-state index in [0.717, 1.165) is 5.56 Å². The van der Waals surface area contributed by atoms with Gasteiger partial charge < -0.3 is 9.84 Å². The molecule has 0 unspecified atom stereocenters. The number of carbonyl (C=O) groups excluding carboxylic acids is 1. The van der Waals surface area contributed by atoms with Crippen LogP contribution in [0.15, 0.2) is 36.5 Å². The number of amides is 1. The van der Waals surface area contributed by atoms with Gasteiger partial charge in [0, 0.05) is 6.20 Å². The van der Waals surface area contributed by atoms with Gasteiger partial charge in [0.05, 0.1) is 13.2 Å². The van der Waals surface area contributed by atoms with Crippen LogP contribution in [0.1, 0.15) is 11.1 Å². The van der Waals surface area contributed by atoms with E-state index in [2.05, 4.69) is 10.4 Å². The number of aromatic nitrogens is 2. The van der Waals surface area contributed by atoms with Crippen molar-refractivity contribution in [3.05, 3.63) is 47.7 Å². The van der Waals surface area contributed by atoms with Gasteiger partial charge in [0.25, 0.3) is 0 Å². The number of nitrogens with one attached hydrogen (secondary N) is 1. The number of rotatable bonds is 5. The number of carbonyl (C=O) groups is 1. The predicted octanol–water partition coefficient (Wildman–Crippen LogP) is 1.50. The SMILES string of the molecule is N#Cc1cn(CCO)nc1NC(=O)OCc1ccccc1. The monoisotopic (exact) mass is 286 g/mol. The molecule has 0 aliphatic rings. The fourth-order valence-electron chi connectivity index (χ4n) is 1.67. The summed E-state index contributed by atoms with van der Waals surface area (Å²) in [6.07, 6.45) is 0.757. The second-order valence-corrected chi connectivity index (χ2v) is 4.18. The van der Waals surface area contributed by atoms with Gasteiger partial charge >= 0.3 is 6.09 Å². The van der Waals surface area contributed by atoms with Gasteiger partial charge in [-0.15, -0.1) is 0 Å². The Bertz CT molecular complexity index is 646. The van der Waals surface area contributed by atoms with Gasteiger partial charge in [0.1, 0.15) is 18.2 Å². The maximum Gasteiger partial charge on any atom is 0.413 e. The van der Waals surface area contributed by atoms with Crippen molar-refractivity contribution < 1.29 is 14.6 Å². The van der Waals surface area contributed by atoms with E-state index >= 15 is 0 Å². The van der Waals surface area contributed by atoms with Gasteiger partial charge in [-0.2, -0.15) is 10.4 Å². The highest BCUT2D eigenvalue weighted by Crippen LogP contribution is 2.12. The number of benzene rings is 1. The lowest BCUT2D eigenvalue weighted by Gasteiger charge is -2.05. The summed E-state index contributed by atoms with van der Waals surface area (Å²) in [5.74, 6) is 0.115. The van der Waals surface area contributed by atoms with Crippen LogP contribution >= 0.6 is 0 Å². The minimum atomic E-state index is -0.690. The van der Waals surface area contributed by atoms with E-state index in [4.69, 9.17) is 15.1 Å². The van der Waals surface area contributed by atoms with Crippen molar-refractivity contribution in [3.63, 3.8) is 0 Å². The predicted molar refractivity (Wildman–Crippen MR) is 74.3 cm³/mol. The summed E-state index contributed by atoms with van der Waals surface area (Å²) in [4.78, 5) is 11.7. The van der Waals surface area contributed by atoms with E-state index in [9.17, 15) is 4.79 Å². The zero-order valence-electron chi connectivity index (χ0n) is 11.2. The van der Waals surface area contributed by atoms with Gasteiger partial charge in [-0.1, -0.05) is 30.3 Å². The third kappa shape index (κ3) is 4.06. The lowest BCUT2D eigenvalue weighted by atomic mass is 10.2. The van der Waals surface area contributed by atoms with Crippen LogP contribution in [0, 0.1) is 11.3 Å². The average molecular weight is 286 g/mol. The Balaban J connectivity index is 1.95. The molecule has 0 bridgehead atoms. The second kappa shape index (κ2) is 7.07. The Morgan fingerprint density at radius 3 is 2.86 bits per heavy atom. The number of anilines is 1. The molecule has 2 rings (SSSR count). The standard InChI is InChI=1S/C14H14N4O3/c15-8-12-9-18(6-7-19)17-13(12)16-14(20)21-10-11-4-2-1-3-5-11/h1-5,9,19H,6-7,10H2,(H,16,17,20). The van der Waals surface area contributed by atoms with E-state index in [1.165, 1.54) is 10.9 Å². The third-order valence-corrected chi connectivity index (χ3v) is 2.64. The normalized spacial score (nSPS) is 9.90. The molecule has 0 atom stereocenters. The van der Waals surface area contributed by atoms with Crippen molar-refractivity contribution in [2.45, 2.75) is 13.2 Å². The first-order chi connectivity index (χ1) is 10.2. The van der Waals surface area contributed by atoms with E-state index in [0.29, 0.717) is 0 Å². The summed E-state index contributed by atoms with van der Waals surface area (Å²) in [6, 6.07) is 11.2. The summed E-state index contributed by atoms with van der Waals surface area (Å²) >= 11 is 0. The number of aliphatic hydroxyl groups is 1. The van der Waals surface area contributed by atoms with Gasteiger partial charge in [-0.3, -0.25) is 10.00 Å². The average Bonchev–Trinajstić information content (AvgIpc) is 2.88. The molecule has 2 aromatic rings. The second-order valence-electron chi connectivity index (χ2n) is 4.18. The summed E-state index contributed by atoms with van der Waals surface area (Å²) in [5.41, 5.74) is 1.07. The van der Waals surface area contributed by atoms with Gasteiger partial charge in [-0.05, 0) is 5.56 Å². The minimum absolute atomic E-state index is 0.107. The van der Waals surface area contributed by atoms with Crippen LogP contribution in [0.2, 0.25) is 0 Å². The van der Waals surface area contributed by atoms with E-state index in [-0.39, 0.29) is 31.1 Å². The molecule has 1 aromatic carbocycles. The molecule has 0 saturated carbocycles. The molecule has 7 heteroatoms. The van der Waals surface area contributed by atoms with Crippen molar-refractivity contribution >= 4 is 11.9 Å². The topological polar surface area (TPSA) is 100 Å². The number of hydrogen-bond acceptors (Lipinski definition) is 5. The molecular weight excluding hydrogens is 272 g/mol. The molecule has 1 heterocycles. The first kappa shape index (κ1) is 14.6. The maximum absolute atomic E-state index is 11.7. The first-order valence-electron chi connectivity index (χ1n) is 6.29. The van der Waals surface area contributed by atoms with Crippen LogP contribution in [-0.4, -0.2) is 27.6 Å². The van der Waals surface area contributed by atoms with Crippen LogP contribution in [0.25, 0.3) is 0 Å². The molecule has 0 aliphatic heterocycles. The summed E-state index contributed by atoms with van der Waals surface area (Å²) in [6.45, 7) is 0.270. The molecule has 0 spiro atoms. The van der Waals surface area contributed by atoms with Crippen LogP contribution in [0.4, 0.5) is 10.6 Å². The van der Waals surface area contributed by atoms with Crippen molar-refractivity contribution in [3.8, 4) is 6.07 Å². The van der Waals surface area contributed by atoms with Crippen LogP contribution in [-0.2, 0) is 17.9 Å². The Kier molecular flexibility index (Phi) is 4.90. The minimum Gasteiger partial charge on any atom is -0.444 e. The molecule has 1 aromatic heterocycles. The highest BCUT2D eigenvalue weighted by Gasteiger charge is 2.12. The molecular formula is C14H14N4O3. The Hall–Kier alpha value is -2.85. The fourth-order valence-corrected chi connectivity index (χ4v) is 1.67. The van der Waals surface area contributed by atoms with Gasteiger partial charge in [0.15, 0.2) is 5.82 Å². The quantitative estimate of drug-likeness (QED) is 0.867. The summed E-state index contributed by atoms with van der Waals surface area (Å²) in [7, 11) is 0. The smallest absolute Gasteiger partial charge is 0.413 e. The largest absolute Gasteiger partial charge is 0.444 e. The van der Waals surface area contributed by atoms with Crippen molar-refractivity contribution in [1.82, 2.24) is 9.78 Å². The van der Waals surface area contributed by atoms with Gasteiger partial charge in [-0.25, -0.2) is 4.79 Å². The van der Waals surface area contributed by atoms with Crippen LogP contribution < -0.4 is 5.32 Å². The zero-order valence-corrected chi connectivity index (χ0v) is 11.2. The summed E-state index contributed by atoms with van der Waals surface area (Å²) < 4.78 is 6.42. The van der Waals surface area contributed by atoms with Crippen LogP contribution in [0.5, 0.6) is 0 Å². The molecule has 0 radical (unpaired) electrons. The van der Waals surface area contributed by atoms with E-state index < -0.39 is 6.09 Å². The fraction of sp³-hybridized carbons (Fsp3) is 0.214. The lowest BCUT2D eigenvalue weighted by molar-refractivity contribution is 0.155. The molecule has 0 fully saturated rings. The van der Waals surface area contributed by atoms with E-state index in [1.54, 1.807) is 0 Å². The maximum atomic E-state index is 11.7. The van der Waals surface area contributed by atoms with E-state index in [1.807, 2.05) is 36.4 Å². The Labute approximate surface area is 121 Å². The molecule has 0 saturated heterocycles. The molecule has 2 N–H and O–H groups in total. The lowest BCUT2D eigenvalue weighted by Crippen LogP contribution is -2.15. The first-order valence-corrected chi connectivity index (χ1v) is 6.29. The molecule has 0 aliphatic carbocycles. The third-order valence-electron chi connectivity index (χ3n) is 2.64. The molecule has 108 valence electrons. The Morgan fingerprint density at radius 2 is 2.19 bits per heavy atom. The van der Waals surface area contributed by atoms with Crippen LogP contribution in [0.3, 0.4) is 0 Å². The number of hydrogen-bond donors (Lipinski definition) is 2. The van der Waals surface area contributed by atoms with Crippen molar-refractivity contribution in [1.29, 1.82) is 5.26 Å². The Morgan fingerprint density at radius 1 is 1.43 bits per heavy atom. The highest BCUT2D eigenvalue weighted by atomic mass is 16.5.